The highest BCUT2D eigenvalue weighted by atomic mass is 79.9. The minimum absolute atomic E-state index is 0.294. The Morgan fingerprint density at radius 3 is 2.09 bits per heavy atom. The predicted molar refractivity (Wildman–Crippen MR) is 87.1 cm³/mol. The van der Waals surface area contributed by atoms with Gasteiger partial charge in [0.05, 0.1) is 9.38 Å². The van der Waals surface area contributed by atoms with Crippen LogP contribution >= 0.6 is 15.9 Å². The van der Waals surface area contributed by atoms with Gasteiger partial charge >= 0.3 is 0 Å². The van der Waals surface area contributed by atoms with Crippen molar-refractivity contribution in [2.45, 2.75) is 4.90 Å². The van der Waals surface area contributed by atoms with Crippen molar-refractivity contribution in [3.8, 4) is 0 Å². The number of carbonyl (C=O) groups excluding carboxylic acids is 2. The summed E-state index contributed by atoms with van der Waals surface area (Å²) in [5.41, 5.74) is 6.33. The van der Waals surface area contributed by atoms with Crippen molar-refractivity contribution in [1.29, 1.82) is 0 Å². The molecular weight excluding hydrogens is 372 g/mol. The summed E-state index contributed by atoms with van der Waals surface area (Å²) >= 11 is 2.87. The molecule has 0 spiro atoms. The van der Waals surface area contributed by atoms with Gasteiger partial charge in [0.15, 0.2) is 10.7 Å². The number of thiol groups is 1. The first-order valence-corrected chi connectivity index (χ1v) is 8.01. The Hall–Kier alpha value is -2.19. The van der Waals surface area contributed by atoms with Crippen molar-refractivity contribution >= 4 is 54.9 Å². The van der Waals surface area contributed by atoms with E-state index < -0.39 is 10.7 Å². The molecule has 2 aromatic rings. The number of anilines is 1. The molecule has 2 amide bonds. The molecule has 0 saturated carbocycles. The fourth-order valence-corrected chi connectivity index (χ4v) is 2.75. The van der Waals surface area contributed by atoms with Gasteiger partial charge in [0.2, 0.25) is 0 Å². The smallest absolute Gasteiger partial charge is 0.265 e. The maximum atomic E-state index is 10.9. The second kappa shape index (κ2) is 6.71. The summed E-state index contributed by atoms with van der Waals surface area (Å²) in [6, 6.07) is 10.3. The van der Waals surface area contributed by atoms with Crippen molar-refractivity contribution in [3.63, 3.8) is 0 Å². The first kappa shape index (κ1) is 16.2. The zero-order valence-electron chi connectivity index (χ0n) is 11.1. The van der Waals surface area contributed by atoms with Crippen LogP contribution in [0.3, 0.4) is 0 Å². The standard InChI is InChI=1S/C10H9NO2S.C4H2BrNO2/c11-9-5-6-10(14(12)13)8-4-2-1-3-7(8)9;5-2-1-3(7)6-4(2)8/h1-6,14H,11H2;1H,(H,6,7,8). The lowest BCUT2D eigenvalue weighted by molar-refractivity contribution is -0.123. The van der Waals surface area contributed by atoms with Crippen LogP contribution in [0.2, 0.25) is 0 Å². The average molecular weight is 383 g/mol. The summed E-state index contributed by atoms with van der Waals surface area (Å²) < 4.78 is 22.1. The molecule has 0 aromatic heterocycles. The van der Waals surface area contributed by atoms with Crippen LogP contribution in [-0.2, 0) is 20.3 Å². The molecule has 3 rings (SSSR count). The summed E-state index contributed by atoms with van der Waals surface area (Å²) in [6.07, 6.45) is 1.20. The number of benzene rings is 2. The van der Waals surface area contributed by atoms with Crippen LogP contribution in [0.5, 0.6) is 0 Å². The number of carbonyl (C=O) groups is 2. The Kier molecular flexibility index (Phi) is 4.94. The number of nitrogens with two attached hydrogens (primary N) is 1. The van der Waals surface area contributed by atoms with Crippen LogP contribution in [0.4, 0.5) is 5.69 Å². The van der Waals surface area contributed by atoms with Gasteiger partial charge in [-0.15, -0.1) is 0 Å². The molecule has 1 heterocycles. The van der Waals surface area contributed by atoms with Crippen molar-refractivity contribution in [1.82, 2.24) is 5.32 Å². The van der Waals surface area contributed by atoms with E-state index in [0.717, 1.165) is 5.39 Å². The van der Waals surface area contributed by atoms with Crippen molar-refractivity contribution in [2.24, 2.45) is 0 Å². The van der Waals surface area contributed by atoms with Crippen LogP contribution in [0.15, 0.2) is 51.9 Å². The molecule has 0 fully saturated rings. The van der Waals surface area contributed by atoms with E-state index in [9.17, 15) is 18.0 Å². The lowest BCUT2D eigenvalue weighted by atomic mass is 10.1. The van der Waals surface area contributed by atoms with E-state index >= 15 is 0 Å². The normalized spacial score (nSPS) is 13.6. The van der Waals surface area contributed by atoms with Crippen LogP contribution in [0, 0.1) is 0 Å². The quantitative estimate of drug-likeness (QED) is 0.391. The Bertz CT molecular complexity index is 866. The van der Waals surface area contributed by atoms with Gasteiger partial charge in [0, 0.05) is 22.5 Å². The van der Waals surface area contributed by atoms with Gasteiger partial charge in [-0.2, -0.15) is 0 Å². The molecule has 114 valence electrons. The van der Waals surface area contributed by atoms with Crippen molar-refractivity contribution < 1.29 is 18.0 Å². The fourth-order valence-electron chi connectivity index (χ4n) is 1.85. The summed E-state index contributed by atoms with van der Waals surface area (Å²) in [5, 5.41) is 3.51. The first-order valence-electron chi connectivity index (χ1n) is 6.04. The molecule has 0 aliphatic carbocycles. The van der Waals surface area contributed by atoms with Gasteiger partial charge < -0.3 is 5.73 Å². The second-order valence-corrected chi connectivity index (χ2v) is 6.14. The molecule has 3 N–H and O–H groups in total. The van der Waals surface area contributed by atoms with E-state index in [2.05, 4.69) is 15.9 Å². The van der Waals surface area contributed by atoms with Crippen LogP contribution in [0.1, 0.15) is 0 Å². The number of halogens is 1. The molecule has 8 heteroatoms. The molecule has 1 aliphatic heterocycles. The molecule has 22 heavy (non-hydrogen) atoms. The number of hydrogen-bond acceptors (Lipinski definition) is 5. The predicted octanol–water partition coefficient (Wildman–Crippen LogP) is 1.31. The molecular formula is C14H11BrN2O4S. The number of hydrogen-bond donors (Lipinski definition) is 3. The molecule has 2 aromatic carbocycles. The minimum Gasteiger partial charge on any atom is -0.398 e. The molecule has 0 bridgehead atoms. The Balaban J connectivity index is 0.000000188. The largest absolute Gasteiger partial charge is 0.398 e. The van der Waals surface area contributed by atoms with Gasteiger partial charge in [-0.05, 0) is 28.1 Å². The number of rotatable bonds is 1. The zero-order chi connectivity index (χ0) is 16.3. The number of fused-ring (bicyclic) bond motifs is 1. The van der Waals surface area contributed by atoms with Gasteiger partial charge in [-0.25, -0.2) is 8.42 Å². The molecule has 1 aliphatic rings. The summed E-state index contributed by atoms with van der Waals surface area (Å²) in [5.74, 6) is -0.725. The van der Waals surface area contributed by atoms with Gasteiger partial charge in [0.1, 0.15) is 0 Å². The SMILES string of the molecule is Nc1ccc([SH](=O)=O)c2ccccc12.O=C1C=C(Br)C(=O)N1. The minimum atomic E-state index is -2.56. The number of nitrogen functional groups attached to an aromatic ring is 1. The molecule has 0 atom stereocenters. The lowest BCUT2D eigenvalue weighted by Gasteiger charge is -2.03. The number of amides is 2. The summed E-state index contributed by atoms with van der Waals surface area (Å²) in [6.45, 7) is 0. The molecule has 0 radical (unpaired) electrons. The average Bonchev–Trinajstić information content (AvgIpc) is 2.76. The third kappa shape index (κ3) is 3.52. The Morgan fingerprint density at radius 1 is 1.00 bits per heavy atom. The zero-order valence-corrected chi connectivity index (χ0v) is 13.6. The molecule has 0 unspecified atom stereocenters. The van der Waals surface area contributed by atoms with E-state index in [1.807, 2.05) is 17.4 Å². The van der Waals surface area contributed by atoms with Crippen LogP contribution in [0.25, 0.3) is 10.8 Å². The maximum absolute atomic E-state index is 10.9. The topological polar surface area (TPSA) is 106 Å². The van der Waals surface area contributed by atoms with E-state index in [1.165, 1.54) is 12.1 Å². The van der Waals surface area contributed by atoms with E-state index in [0.29, 0.717) is 20.5 Å². The Labute approximate surface area is 136 Å². The summed E-state index contributed by atoms with van der Waals surface area (Å²) in [4.78, 5) is 20.9. The van der Waals surface area contributed by atoms with Gasteiger partial charge in [-0.3, -0.25) is 14.9 Å². The maximum Gasteiger partial charge on any atom is 0.265 e. The van der Waals surface area contributed by atoms with Gasteiger partial charge in [0.25, 0.3) is 11.8 Å². The number of nitrogens with one attached hydrogen (secondary N) is 1. The van der Waals surface area contributed by atoms with Crippen LogP contribution < -0.4 is 11.1 Å². The van der Waals surface area contributed by atoms with E-state index in [4.69, 9.17) is 5.73 Å². The lowest BCUT2D eigenvalue weighted by Crippen LogP contribution is -2.21. The first-order chi connectivity index (χ1) is 10.4. The molecule has 6 nitrogen and oxygen atoms in total. The Morgan fingerprint density at radius 2 is 1.64 bits per heavy atom. The monoisotopic (exact) mass is 382 g/mol. The van der Waals surface area contributed by atoms with E-state index in [1.54, 1.807) is 18.2 Å². The van der Waals surface area contributed by atoms with Crippen molar-refractivity contribution in [2.75, 3.05) is 5.73 Å². The number of imide groups is 1. The third-order valence-corrected chi connectivity index (χ3v) is 4.22. The van der Waals surface area contributed by atoms with E-state index in [-0.39, 0.29) is 11.8 Å². The van der Waals surface area contributed by atoms with Crippen LogP contribution in [-0.4, -0.2) is 20.2 Å². The highest BCUT2D eigenvalue weighted by Crippen LogP contribution is 2.24. The van der Waals surface area contributed by atoms with Gasteiger partial charge in [-0.1, -0.05) is 24.3 Å². The summed E-state index contributed by atoms with van der Waals surface area (Å²) in [7, 11) is -2.56. The van der Waals surface area contributed by atoms with Crippen molar-refractivity contribution in [3.05, 3.63) is 47.0 Å². The molecule has 0 saturated heterocycles. The highest BCUT2D eigenvalue weighted by Gasteiger charge is 2.16. The highest BCUT2D eigenvalue weighted by molar-refractivity contribution is 9.12. The third-order valence-electron chi connectivity index (χ3n) is 2.84. The second-order valence-electron chi connectivity index (χ2n) is 4.29. The fraction of sp³-hybridized carbons (Fsp3) is 0.